The number of carbonyl (C=O) groups excluding carboxylic acids is 2. The van der Waals surface area contributed by atoms with Crippen LogP contribution in [0.4, 0.5) is 0 Å². The smallest absolute Gasteiger partial charge is 0.279 e. The molecule has 2 aliphatic heterocycles. The van der Waals surface area contributed by atoms with E-state index < -0.39 is 15.6 Å². The Morgan fingerprint density at radius 3 is 2.00 bits per heavy atom. The van der Waals surface area contributed by atoms with Gasteiger partial charge in [-0.1, -0.05) is 67.9 Å². The standard InChI is InChI=1S/C29H36N2O6S3/c1-6-8-14-30-27(33)23(28(34)31(30)15-9-7-2)29-38-25-22(37-18(3)4)16-20(24(32)26(25)39-29)17-40(35,36)21-12-10-19(5)11-13-21/h10-13,16,18,32H,6-9,14-15,17H2,1-5H3. The molecular formula is C29H36N2O6S3. The number of carbonyl (C=O) groups is 2. The van der Waals surface area contributed by atoms with Crippen molar-refractivity contribution in [1.82, 2.24) is 10.0 Å². The maximum absolute atomic E-state index is 13.5. The number of aryl methyl sites for hydroxylation is 1. The van der Waals surface area contributed by atoms with Gasteiger partial charge in [0.05, 0.1) is 30.8 Å². The number of rotatable bonds is 11. The van der Waals surface area contributed by atoms with Crippen LogP contribution < -0.4 is 4.74 Å². The molecule has 40 heavy (non-hydrogen) atoms. The highest BCUT2D eigenvalue weighted by Gasteiger charge is 2.44. The van der Waals surface area contributed by atoms with Crippen LogP contribution in [0.2, 0.25) is 0 Å². The van der Waals surface area contributed by atoms with E-state index in [1.807, 2.05) is 34.6 Å². The average molecular weight is 605 g/mol. The van der Waals surface area contributed by atoms with Gasteiger partial charge in [0.25, 0.3) is 11.8 Å². The van der Waals surface area contributed by atoms with E-state index in [4.69, 9.17) is 4.74 Å². The van der Waals surface area contributed by atoms with Crippen molar-refractivity contribution in [1.29, 1.82) is 0 Å². The number of hydrogen-bond acceptors (Lipinski definition) is 8. The summed E-state index contributed by atoms with van der Waals surface area (Å²) in [5.41, 5.74) is 1.23. The first-order chi connectivity index (χ1) is 19.0. The molecule has 0 spiro atoms. The molecule has 0 aromatic heterocycles. The highest BCUT2D eigenvalue weighted by molar-refractivity contribution is 8.25. The Hall–Kier alpha value is -2.63. The zero-order chi connectivity index (χ0) is 29.2. The molecule has 0 radical (unpaired) electrons. The van der Waals surface area contributed by atoms with E-state index in [0.29, 0.717) is 32.9 Å². The minimum Gasteiger partial charge on any atom is -0.506 e. The van der Waals surface area contributed by atoms with Crippen LogP contribution in [-0.2, 0) is 25.2 Å². The monoisotopic (exact) mass is 604 g/mol. The van der Waals surface area contributed by atoms with Gasteiger partial charge in [-0.05, 0) is 51.8 Å². The van der Waals surface area contributed by atoms with Gasteiger partial charge in [0.2, 0.25) is 0 Å². The van der Waals surface area contributed by atoms with Gasteiger partial charge < -0.3 is 9.84 Å². The van der Waals surface area contributed by atoms with Gasteiger partial charge >= 0.3 is 0 Å². The number of phenols is 1. The molecule has 2 aliphatic rings. The Morgan fingerprint density at radius 2 is 1.48 bits per heavy atom. The largest absolute Gasteiger partial charge is 0.506 e. The Bertz CT molecular complexity index is 1410. The third-order valence-electron chi connectivity index (χ3n) is 6.57. The highest BCUT2D eigenvalue weighted by Crippen LogP contribution is 2.60. The Morgan fingerprint density at radius 1 is 0.925 bits per heavy atom. The summed E-state index contributed by atoms with van der Waals surface area (Å²) < 4.78 is 33.0. The number of sulfone groups is 1. The first kappa shape index (κ1) is 30.3. The van der Waals surface area contributed by atoms with E-state index in [2.05, 4.69) is 0 Å². The summed E-state index contributed by atoms with van der Waals surface area (Å²) in [4.78, 5) is 28.2. The normalized spacial score (nSPS) is 15.6. The molecule has 0 unspecified atom stereocenters. The van der Waals surface area contributed by atoms with Crippen molar-refractivity contribution >= 4 is 45.2 Å². The maximum atomic E-state index is 13.5. The summed E-state index contributed by atoms with van der Waals surface area (Å²) in [5, 5.41) is 14.4. The maximum Gasteiger partial charge on any atom is 0.279 e. The first-order valence-electron chi connectivity index (χ1n) is 13.6. The van der Waals surface area contributed by atoms with Gasteiger partial charge in [-0.2, -0.15) is 0 Å². The lowest BCUT2D eigenvalue weighted by Gasteiger charge is -2.27. The van der Waals surface area contributed by atoms with Crippen LogP contribution in [0, 0.1) is 6.92 Å². The minimum atomic E-state index is -3.76. The lowest BCUT2D eigenvalue weighted by molar-refractivity contribution is -0.147. The van der Waals surface area contributed by atoms with E-state index >= 15 is 0 Å². The molecular weight excluding hydrogens is 569 g/mol. The average Bonchev–Trinajstić information content (AvgIpc) is 3.43. The Labute approximate surface area is 245 Å². The fourth-order valence-corrected chi connectivity index (χ4v) is 8.45. The molecule has 0 saturated carbocycles. The summed E-state index contributed by atoms with van der Waals surface area (Å²) in [7, 11) is -3.76. The van der Waals surface area contributed by atoms with Crippen LogP contribution in [0.1, 0.15) is 64.5 Å². The molecule has 0 atom stereocenters. The summed E-state index contributed by atoms with van der Waals surface area (Å²) in [6.07, 6.45) is 3.10. The number of hydrogen-bond donors (Lipinski definition) is 1. The number of fused-ring (bicyclic) bond motifs is 1. The van der Waals surface area contributed by atoms with Gasteiger partial charge in [0.15, 0.2) is 9.84 Å². The van der Waals surface area contributed by atoms with E-state index in [9.17, 15) is 23.1 Å². The molecule has 4 rings (SSSR count). The number of aromatic hydroxyl groups is 1. The Kier molecular flexibility index (Phi) is 9.47. The number of benzene rings is 2. The van der Waals surface area contributed by atoms with Crippen LogP contribution in [0.5, 0.6) is 11.5 Å². The third kappa shape index (κ3) is 6.16. The van der Waals surface area contributed by atoms with E-state index in [1.54, 1.807) is 40.3 Å². The molecule has 2 aromatic rings. The lowest BCUT2D eigenvalue weighted by atomic mass is 10.2. The first-order valence-corrected chi connectivity index (χ1v) is 16.9. The molecule has 1 fully saturated rings. The molecule has 11 heteroatoms. The number of hydrazine groups is 1. The van der Waals surface area contributed by atoms with Crippen LogP contribution in [0.25, 0.3) is 0 Å². The number of unbranched alkanes of at least 4 members (excludes halogenated alkanes) is 2. The van der Waals surface area contributed by atoms with Crippen LogP contribution in [0.15, 0.2) is 54.8 Å². The van der Waals surface area contributed by atoms with Crippen molar-refractivity contribution < 1.29 is 27.9 Å². The topological polar surface area (TPSA) is 104 Å². The molecule has 216 valence electrons. The van der Waals surface area contributed by atoms with Gasteiger partial charge in [0, 0.05) is 18.7 Å². The quantitative estimate of drug-likeness (QED) is 0.244. The summed E-state index contributed by atoms with van der Waals surface area (Å²) in [5.74, 6) is -0.878. The molecule has 1 N–H and O–H groups in total. The molecule has 0 aliphatic carbocycles. The van der Waals surface area contributed by atoms with Crippen molar-refractivity contribution in [2.45, 2.75) is 86.8 Å². The zero-order valence-electron chi connectivity index (χ0n) is 23.5. The van der Waals surface area contributed by atoms with Crippen molar-refractivity contribution in [3.63, 3.8) is 0 Å². The minimum absolute atomic E-state index is 0.0853. The number of thioether (sulfide) groups is 2. The fourth-order valence-electron chi connectivity index (χ4n) is 4.45. The molecule has 2 amide bonds. The van der Waals surface area contributed by atoms with Gasteiger partial charge in [-0.3, -0.25) is 9.59 Å². The van der Waals surface area contributed by atoms with Crippen molar-refractivity contribution in [3.05, 3.63) is 51.3 Å². The number of amides is 2. The lowest BCUT2D eigenvalue weighted by Crippen LogP contribution is -2.42. The molecule has 0 bridgehead atoms. The Balaban J connectivity index is 1.74. The second-order valence-corrected chi connectivity index (χ2v) is 14.5. The van der Waals surface area contributed by atoms with Gasteiger partial charge in [0.1, 0.15) is 17.1 Å². The molecule has 1 saturated heterocycles. The number of nitrogens with zero attached hydrogens (tertiary/aromatic N) is 2. The third-order valence-corrected chi connectivity index (χ3v) is 10.9. The molecule has 2 aromatic carbocycles. The fraction of sp³-hybridized carbons (Fsp3) is 0.448. The second kappa shape index (κ2) is 12.5. The predicted octanol–water partition coefficient (Wildman–Crippen LogP) is 6.06. The van der Waals surface area contributed by atoms with Crippen LogP contribution >= 0.6 is 23.5 Å². The predicted molar refractivity (Wildman–Crippen MR) is 158 cm³/mol. The van der Waals surface area contributed by atoms with E-state index in [0.717, 1.165) is 43.0 Å². The summed E-state index contributed by atoms with van der Waals surface area (Å²) >= 11 is 2.33. The second-order valence-electron chi connectivity index (χ2n) is 10.2. The van der Waals surface area contributed by atoms with E-state index in [-0.39, 0.29) is 39.7 Å². The number of ether oxygens (including phenoxy) is 1. The van der Waals surface area contributed by atoms with Crippen molar-refractivity contribution in [2.24, 2.45) is 0 Å². The van der Waals surface area contributed by atoms with Gasteiger partial charge in [-0.15, -0.1) is 0 Å². The van der Waals surface area contributed by atoms with Crippen molar-refractivity contribution in [3.8, 4) is 11.5 Å². The molecule has 2 heterocycles. The summed E-state index contributed by atoms with van der Waals surface area (Å²) in [6, 6.07) is 8.13. The van der Waals surface area contributed by atoms with E-state index in [1.165, 1.54) is 11.8 Å². The molecule has 8 nitrogen and oxygen atoms in total. The SMILES string of the molecule is CCCCN1C(=O)C(=C2Sc3c(OC(C)C)cc(CS(=O)(=O)c4ccc(C)cc4)c(O)c3S2)C(=O)N1CCCC. The zero-order valence-corrected chi connectivity index (χ0v) is 26.0. The van der Waals surface area contributed by atoms with Crippen LogP contribution in [-0.4, -0.2) is 54.5 Å². The van der Waals surface area contributed by atoms with Gasteiger partial charge in [-0.25, -0.2) is 18.4 Å². The summed E-state index contributed by atoms with van der Waals surface area (Å²) in [6.45, 7) is 10.6. The highest BCUT2D eigenvalue weighted by atomic mass is 32.2. The van der Waals surface area contributed by atoms with Crippen LogP contribution in [0.3, 0.4) is 0 Å². The number of phenolic OH excluding ortho intramolecular Hbond substituents is 1. The van der Waals surface area contributed by atoms with Crippen molar-refractivity contribution in [2.75, 3.05) is 13.1 Å².